The Labute approximate surface area is 186 Å². The Balaban J connectivity index is 1.59. The van der Waals surface area contributed by atoms with E-state index in [2.05, 4.69) is 66.7 Å². The highest BCUT2D eigenvalue weighted by atomic mass is 16.3. The van der Waals surface area contributed by atoms with Gasteiger partial charge < -0.3 is 5.11 Å². The van der Waals surface area contributed by atoms with Crippen LogP contribution in [0.4, 0.5) is 0 Å². The van der Waals surface area contributed by atoms with Crippen LogP contribution in [0.25, 0.3) is 0 Å². The van der Waals surface area contributed by atoms with Crippen LogP contribution in [0.1, 0.15) is 93.4 Å². The molecule has 0 radical (unpaired) electrons. The smallest absolute Gasteiger partial charge is 0.0578 e. The molecule has 30 heavy (non-hydrogen) atoms. The summed E-state index contributed by atoms with van der Waals surface area (Å²) < 4.78 is 0. The molecule has 1 heteroatoms. The molecule has 0 aromatic carbocycles. The molecule has 0 aromatic heterocycles. The first-order chi connectivity index (χ1) is 14.1. The molecule has 0 heterocycles. The molecule has 8 unspecified atom stereocenters. The minimum absolute atomic E-state index is 0.118. The highest BCUT2D eigenvalue weighted by Gasteiger charge is 2.56. The van der Waals surface area contributed by atoms with Crippen molar-refractivity contribution in [1.82, 2.24) is 0 Å². The van der Waals surface area contributed by atoms with Gasteiger partial charge in [-0.2, -0.15) is 0 Å². The van der Waals surface area contributed by atoms with Crippen LogP contribution < -0.4 is 0 Å². The highest BCUT2D eigenvalue weighted by Crippen LogP contribution is 2.66. The Bertz CT molecular complexity index is 754. The zero-order valence-electron chi connectivity index (χ0n) is 20.7. The third-order valence-electron chi connectivity index (χ3n) is 10.5. The van der Waals surface area contributed by atoms with Crippen LogP contribution in [0.5, 0.6) is 0 Å². The van der Waals surface area contributed by atoms with Gasteiger partial charge in [-0.25, -0.2) is 0 Å². The predicted octanol–water partition coefficient (Wildman–Crippen LogP) is 7.72. The number of rotatable bonds is 4. The monoisotopic (exact) mass is 410 g/mol. The lowest BCUT2D eigenvalue weighted by molar-refractivity contribution is 0.0382. The van der Waals surface area contributed by atoms with E-state index in [9.17, 15) is 5.11 Å². The van der Waals surface area contributed by atoms with Crippen LogP contribution >= 0.6 is 0 Å². The summed E-state index contributed by atoms with van der Waals surface area (Å²) >= 11 is 0. The first kappa shape index (κ1) is 22.4. The third kappa shape index (κ3) is 3.48. The molecule has 0 aromatic rings. The third-order valence-corrected chi connectivity index (χ3v) is 10.5. The second kappa shape index (κ2) is 7.95. The van der Waals surface area contributed by atoms with E-state index in [1.165, 1.54) is 37.7 Å². The molecule has 0 spiro atoms. The van der Waals surface area contributed by atoms with Crippen molar-refractivity contribution >= 4 is 0 Å². The lowest BCUT2D eigenvalue weighted by Crippen LogP contribution is -2.46. The second-order valence-electron chi connectivity index (χ2n) is 12.3. The molecular formula is C29H46O. The molecule has 0 amide bonds. The van der Waals surface area contributed by atoms with Crippen molar-refractivity contribution in [3.05, 3.63) is 34.9 Å². The summed E-state index contributed by atoms with van der Waals surface area (Å²) in [7, 11) is 0. The molecule has 8 atom stereocenters. The maximum atomic E-state index is 10.2. The molecule has 0 aliphatic heterocycles. The summed E-state index contributed by atoms with van der Waals surface area (Å²) in [5, 5.41) is 10.2. The molecule has 0 bridgehead atoms. The number of aliphatic hydroxyl groups excluding tert-OH is 1. The van der Waals surface area contributed by atoms with Crippen molar-refractivity contribution in [2.75, 3.05) is 0 Å². The van der Waals surface area contributed by atoms with E-state index in [1.54, 1.807) is 11.1 Å². The fourth-order valence-corrected chi connectivity index (χ4v) is 8.10. The van der Waals surface area contributed by atoms with E-state index in [1.807, 2.05) is 0 Å². The van der Waals surface area contributed by atoms with Gasteiger partial charge in [-0.05, 0) is 98.2 Å². The first-order valence-corrected chi connectivity index (χ1v) is 12.9. The molecule has 1 nitrogen and oxygen atoms in total. The number of fused-ring (bicyclic) bond motifs is 5. The van der Waals surface area contributed by atoms with Gasteiger partial charge in [0.15, 0.2) is 0 Å². The van der Waals surface area contributed by atoms with Crippen LogP contribution in [0, 0.1) is 46.3 Å². The van der Waals surface area contributed by atoms with Gasteiger partial charge in [-0.3, -0.25) is 0 Å². The highest BCUT2D eigenvalue weighted by molar-refractivity contribution is 5.39. The van der Waals surface area contributed by atoms with Gasteiger partial charge in [0.2, 0.25) is 0 Å². The van der Waals surface area contributed by atoms with E-state index in [4.69, 9.17) is 0 Å². The molecule has 4 rings (SSSR count). The average molecular weight is 411 g/mol. The molecule has 1 N–H and O–H groups in total. The lowest BCUT2D eigenvalue weighted by Gasteiger charge is -2.55. The Hall–Kier alpha value is -0.820. The molecule has 168 valence electrons. The summed E-state index contributed by atoms with van der Waals surface area (Å²) in [4.78, 5) is 0. The van der Waals surface area contributed by atoms with Crippen molar-refractivity contribution in [3.8, 4) is 0 Å². The zero-order valence-corrected chi connectivity index (χ0v) is 20.7. The molecule has 4 aliphatic carbocycles. The van der Waals surface area contributed by atoms with Crippen LogP contribution in [0.15, 0.2) is 34.9 Å². The van der Waals surface area contributed by atoms with Crippen molar-refractivity contribution < 1.29 is 5.11 Å². The van der Waals surface area contributed by atoms with Crippen LogP contribution in [-0.2, 0) is 0 Å². The van der Waals surface area contributed by atoms with Crippen LogP contribution in [-0.4, -0.2) is 11.2 Å². The summed E-state index contributed by atoms with van der Waals surface area (Å²) in [5.41, 5.74) is 5.66. The number of allylic oxidation sites excluding steroid dienone is 5. The van der Waals surface area contributed by atoms with Gasteiger partial charge in [-0.15, -0.1) is 0 Å². The molecule has 4 aliphatic rings. The number of aliphatic hydroxyl groups is 1. The van der Waals surface area contributed by atoms with E-state index < -0.39 is 0 Å². The molecular weight excluding hydrogens is 364 g/mol. The van der Waals surface area contributed by atoms with Crippen LogP contribution in [0.2, 0.25) is 0 Å². The quantitative estimate of drug-likeness (QED) is 0.470. The van der Waals surface area contributed by atoms with E-state index in [-0.39, 0.29) is 6.10 Å². The second-order valence-corrected chi connectivity index (χ2v) is 12.3. The maximum Gasteiger partial charge on any atom is 0.0578 e. The molecule has 0 saturated heterocycles. The Morgan fingerprint density at radius 2 is 1.73 bits per heavy atom. The summed E-state index contributed by atoms with van der Waals surface area (Å²) in [6.45, 7) is 17.1. The van der Waals surface area contributed by atoms with Gasteiger partial charge in [0.05, 0.1) is 6.10 Å². The van der Waals surface area contributed by atoms with E-state index in [0.29, 0.717) is 22.7 Å². The molecule has 3 saturated carbocycles. The van der Waals surface area contributed by atoms with Crippen LogP contribution in [0.3, 0.4) is 0 Å². The van der Waals surface area contributed by atoms with Gasteiger partial charge in [0.1, 0.15) is 0 Å². The van der Waals surface area contributed by atoms with E-state index in [0.717, 1.165) is 36.5 Å². The van der Waals surface area contributed by atoms with Gasteiger partial charge in [-0.1, -0.05) is 76.5 Å². The fraction of sp³-hybridized carbons (Fsp3) is 0.793. The number of hydrogen-bond acceptors (Lipinski definition) is 1. The van der Waals surface area contributed by atoms with Crippen molar-refractivity contribution in [2.45, 2.75) is 99.5 Å². The summed E-state index contributed by atoms with van der Waals surface area (Å²) in [6, 6.07) is 0. The maximum absolute atomic E-state index is 10.2. The zero-order chi connectivity index (χ0) is 21.8. The van der Waals surface area contributed by atoms with Crippen molar-refractivity contribution in [3.63, 3.8) is 0 Å². The average Bonchev–Trinajstić information content (AvgIpc) is 3.05. The first-order valence-electron chi connectivity index (χ1n) is 12.9. The largest absolute Gasteiger partial charge is 0.393 e. The Morgan fingerprint density at radius 3 is 2.43 bits per heavy atom. The Kier molecular flexibility index (Phi) is 5.93. The fourth-order valence-electron chi connectivity index (χ4n) is 8.10. The number of hydrogen-bond donors (Lipinski definition) is 1. The SMILES string of the molecule is CC(=CC(C)C1CCC2C3=CC=C4CC(O)CCC4(C)C3CCC21C)C(C)C(C)C. The van der Waals surface area contributed by atoms with Crippen molar-refractivity contribution in [2.24, 2.45) is 46.3 Å². The summed E-state index contributed by atoms with van der Waals surface area (Å²) in [6.07, 6.45) is 16.0. The van der Waals surface area contributed by atoms with Gasteiger partial charge in [0, 0.05) is 0 Å². The minimum Gasteiger partial charge on any atom is -0.393 e. The normalized spacial score (nSPS) is 43.3. The van der Waals surface area contributed by atoms with Gasteiger partial charge >= 0.3 is 0 Å². The standard InChI is InChI=1S/C29H46O/c1-18(2)21(5)19(3)16-20(4)25-10-11-26-24-9-8-22-17-23(30)12-14-28(22,6)27(24)13-15-29(25,26)7/h8-9,16,18,20-21,23,25-27,30H,10-15,17H2,1-7H3. The molecule has 3 fully saturated rings. The Morgan fingerprint density at radius 1 is 1.00 bits per heavy atom. The van der Waals surface area contributed by atoms with Crippen molar-refractivity contribution in [1.29, 1.82) is 0 Å². The van der Waals surface area contributed by atoms with E-state index >= 15 is 0 Å². The summed E-state index contributed by atoms with van der Waals surface area (Å²) in [5.74, 6) is 4.37. The van der Waals surface area contributed by atoms with Gasteiger partial charge in [0.25, 0.3) is 0 Å². The topological polar surface area (TPSA) is 20.2 Å². The predicted molar refractivity (Wildman–Crippen MR) is 128 cm³/mol. The lowest BCUT2D eigenvalue weighted by atomic mass is 9.50. The minimum atomic E-state index is -0.118.